The molecule has 0 aliphatic carbocycles. The van der Waals surface area contributed by atoms with E-state index < -0.39 is 19.3 Å². The van der Waals surface area contributed by atoms with Gasteiger partial charge < -0.3 is 0 Å². The number of hydrogen-bond acceptors (Lipinski definition) is 5. The number of hydrogen-bond donors (Lipinski definition) is 0. The predicted molar refractivity (Wildman–Crippen MR) is 259 cm³/mol. The number of anilines is 6. The molecule has 3 aliphatic rings. The van der Waals surface area contributed by atoms with E-state index in [9.17, 15) is 0 Å². The van der Waals surface area contributed by atoms with Crippen LogP contribution in [-0.2, 0) is 11.8 Å². The van der Waals surface area contributed by atoms with Gasteiger partial charge in [0.15, 0.2) is 0 Å². The first kappa shape index (κ1) is 36.2. The Morgan fingerprint density at radius 1 is 0.361 bits per heavy atom. The minimum absolute atomic E-state index is 0.832. The van der Waals surface area contributed by atoms with Crippen LogP contribution < -0.4 is 52.8 Å². The van der Waals surface area contributed by atoms with E-state index in [1.807, 2.05) is 36.4 Å². The molecule has 12 rings (SSSR count). The summed E-state index contributed by atoms with van der Waals surface area (Å²) in [7, 11) is 0. The summed E-state index contributed by atoms with van der Waals surface area (Å²) in [4.78, 5) is 4.67. The third-order valence-electron chi connectivity index (χ3n) is 12.4. The zero-order valence-electron chi connectivity index (χ0n) is 32.9. The molecule has 0 aromatic heterocycles. The van der Waals surface area contributed by atoms with E-state index in [1.165, 1.54) is 33.5 Å². The van der Waals surface area contributed by atoms with Crippen molar-refractivity contribution in [2.45, 2.75) is 0 Å². The van der Waals surface area contributed by atoms with Gasteiger partial charge in [0.2, 0.25) is 0 Å². The van der Waals surface area contributed by atoms with Gasteiger partial charge in [0.05, 0.1) is 0 Å². The van der Waals surface area contributed by atoms with E-state index >= 15 is 0 Å². The zero-order chi connectivity index (χ0) is 40.5. The number of rotatable bonds is 5. The van der Waals surface area contributed by atoms with Crippen molar-refractivity contribution in [1.82, 2.24) is 0 Å². The Labute approximate surface area is 363 Å². The predicted octanol–water partition coefficient (Wildman–Crippen LogP) is 10.3. The monoisotopic (exact) mass is 882 g/mol. The van der Waals surface area contributed by atoms with Gasteiger partial charge in [0.1, 0.15) is 0 Å². The fraction of sp³-hybridized carbons (Fsp3) is 0. The quantitative estimate of drug-likeness (QED) is 0.127. The first-order valence-electron chi connectivity index (χ1n) is 20.5. The molecular weight excluding hydrogens is 844 g/mol. The summed E-state index contributed by atoms with van der Waals surface area (Å²) in [6.45, 7) is 0. The van der Waals surface area contributed by atoms with E-state index in [0.29, 0.717) is 0 Å². The molecule has 1 unspecified atom stereocenters. The van der Waals surface area contributed by atoms with E-state index in [-0.39, 0.29) is 0 Å². The maximum atomic E-state index is 7.36. The Morgan fingerprint density at radius 3 is 1.26 bits per heavy atom. The van der Waals surface area contributed by atoms with E-state index in [0.717, 1.165) is 57.1 Å². The SMILES string of the molecule is S=P1(c2ccc(N3c4ccccc4Oc4ccccc43)cc2)c2cccc[c]2[Ge]([c]2ccccc2)([c]2ccccc2)[c]2cc(N3c4ccccc4Oc4ccccc43)ccc21. The number of nitrogens with zero attached hydrogens (tertiary/aromatic N) is 2. The van der Waals surface area contributed by atoms with Gasteiger partial charge in [0, 0.05) is 0 Å². The van der Waals surface area contributed by atoms with Gasteiger partial charge in [-0.2, -0.15) is 0 Å². The van der Waals surface area contributed by atoms with Crippen molar-refractivity contribution in [3.8, 4) is 23.0 Å². The molecule has 4 nitrogen and oxygen atoms in total. The molecule has 0 saturated carbocycles. The molecule has 61 heavy (non-hydrogen) atoms. The maximum absolute atomic E-state index is 7.36. The Hall–Kier alpha value is -6.63. The van der Waals surface area contributed by atoms with Crippen molar-refractivity contribution in [3.63, 3.8) is 0 Å². The zero-order valence-corrected chi connectivity index (χ0v) is 36.7. The standard InChI is InChI=1S/C54H37GeN2O2PS/c61-60(42-34-31-40(32-35-42)56-45-22-8-12-26-49(45)58-50-27-13-9-23-46(50)56)53-30-16-7-21-43(53)55(38-17-3-1-4-18-38,39-19-5-2-6-20-39)44-37-41(33-36-54(44)60)57-47-24-10-14-28-51(47)59-52-29-15-11-25-48(52)57/h1-37H. The minimum atomic E-state index is -3.83. The van der Waals surface area contributed by atoms with Crippen LogP contribution in [-0.4, -0.2) is 13.3 Å². The number of para-hydroxylation sites is 8. The van der Waals surface area contributed by atoms with Gasteiger partial charge in [-0.3, -0.25) is 0 Å². The van der Waals surface area contributed by atoms with Gasteiger partial charge in [-0.25, -0.2) is 0 Å². The summed E-state index contributed by atoms with van der Waals surface area (Å²) in [6.07, 6.45) is 0. The van der Waals surface area contributed by atoms with Crippen molar-refractivity contribution in [1.29, 1.82) is 0 Å². The molecular formula is C54H37GeN2O2PS. The fourth-order valence-electron chi connectivity index (χ4n) is 9.80. The number of ether oxygens (including phenoxy) is 2. The third kappa shape index (κ3) is 5.41. The number of benzene rings is 9. The molecule has 3 heterocycles. The van der Waals surface area contributed by atoms with Gasteiger partial charge in [-0.05, 0) is 0 Å². The Morgan fingerprint density at radius 2 is 0.754 bits per heavy atom. The van der Waals surface area contributed by atoms with Crippen LogP contribution in [0.4, 0.5) is 34.1 Å². The summed E-state index contributed by atoms with van der Waals surface area (Å²) in [5, 5.41) is 3.72. The van der Waals surface area contributed by atoms with Crippen LogP contribution in [0.1, 0.15) is 0 Å². The molecule has 9 aromatic rings. The molecule has 3 aliphatic heterocycles. The summed E-state index contributed by atoms with van der Waals surface area (Å²) >= 11 is 3.53. The van der Waals surface area contributed by atoms with Crippen LogP contribution in [0.5, 0.6) is 23.0 Å². The van der Waals surface area contributed by atoms with Crippen molar-refractivity contribution < 1.29 is 9.47 Å². The van der Waals surface area contributed by atoms with Crippen LogP contribution in [0.15, 0.2) is 224 Å². The molecule has 1 atom stereocenters. The summed E-state index contributed by atoms with van der Waals surface area (Å²) in [5.41, 5.74) is 6.18. The van der Waals surface area contributed by atoms with E-state index in [1.54, 1.807) is 0 Å². The first-order chi connectivity index (χ1) is 30.1. The molecule has 9 aromatic carbocycles. The molecule has 0 amide bonds. The van der Waals surface area contributed by atoms with Gasteiger partial charge >= 0.3 is 365 Å². The second-order valence-electron chi connectivity index (χ2n) is 15.6. The summed E-state index contributed by atoms with van der Waals surface area (Å²) in [5.74, 6) is 3.33. The van der Waals surface area contributed by atoms with Crippen molar-refractivity contribution in [2.75, 3.05) is 9.80 Å². The Balaban J connectivity index is 1.12. The molecule has 0 spiro atoms. The Kier molecular flexibility index (Phi) is 8.46. The topological polar surface area (TPSA) is 24.9 Å². The molecule has 290 valence electrons. The van der Waals surface area contributed by atoms with Gasteiger partial charge in [0.25, 0.3) is 0 Å². The van der Waals surface area contributed by atoms with Crippen LogP contribution in [0.25, 0.3) is 0 Å². The first-order valence-corrected chi connectivity index (χ1v) is 27.5. The average molecular weight is 882 g/mol. The second kappa shape index (κ2) is 14.2. The van der Waals surface area contributed by atoms with Crippen LogP contribution in [0, 0.1) is 0 Å². The van der Waals surface area contributed by atoms with Crippen molar-refractivity contribution in [2.24, 2.45) is 0 Å². The third-order valence-corrected chi connectivity index (χ3v) is 28.4. The number of fused-ring (bicyclic) bond motifs is 6. The molecule has 7 heteroatoms. The van der Waals surface area contributed by atoms with Crippen molar-refractivity contribution >= 4 is 98.7 Å². The molecule has 0 bridgehead atoms. The van der Waals surface area contributed by atoms with Crippen LogP contribution >= 0.6 is 6.04 Å². The van der Waals surface area contributed by atoms with Crippen LogP contribution in [0.3, 0.4) is 0 Å². The summed E-state index contributed by atoms with van der Waals surface area (Å²) < 4.78 is 18.4. The van der Waals surface area contributed by atoms with E-state index in [2.05, 4.69) is 198 Å². The van der Waals surface area contributed by atoms with Gasteiger partial charge in [-0.15, -0.1) is 0 Å². The normalized spacial score (nSPS) is 16.3. The fourth-order valence-corrected chi connectivity index (χ4v) is 29.1. The van der Waals surface area contributed by atoms with E-state index in [4.69, 9.17) is 21.3 Å². The van der Waals surface area contributed by atoms with Crippen LogP contribution in [0.2, 0.25) is 0 Å². The molecule has 0 radical (unpaired) electrons. The van der Waals surface area contributed by atoms with Gasteiger partial charge in [-0.1, -0.05) is 0 Å². The molecule has 0 fully saturated rings. The second-order valence-corrected chi connectivity index (χ2v) is 27.7. The van der Waals surface area contributed by atoms with Crippen molar-refractivity contribution in [3.05, 3.63) is 224 Å². The summed E-state index contributed by atoms with van der Waals surface area (Å²) in [6, 6.07) is 78.5. The molecule has 0 saturated heterocycles. The molecule has 0 N–H and O–H groups in total. The average Bonchev–Trinajstić information content (AvgIpc) is 3.33. The Bertz CT molecular complexity index is 3080.